The van der Waals surface area contributed by atoms with Gasteiger partial charge < -0.3 is 10.1 Å². The Bertz CT molecular complexity index is 294. The second-order valence-electron chi connectivity index (χ2n) is 3.99. The third-order valence-corrected chi connectivity index (χ3v) is 2.87. The number of hydrogen-bond donors (Lipinski definition) is 1. The SMILES string of the molecule is CCCNC(c1ccnn1C)C(CC)OC. The van der Waals surface area contributed by atoms with Gasteiger partial charge in [0.25, 0.3) is 0 Å². The molecule has 0 saturated carbocycles. The molecule has 1 aromatic rings. The van der Waals surface area contributed by atoms with Crippen LogP contribution in [-0.2, 0) is 11.8 Å². The zero-order valence-corrected chi connectivity index (χ0v) is 10.7. The van der Waals surface area contributed by atoms with Gasteiger partial charge in [0.1, 0.15) is 0 Å². The molecule has 16 heavy (non-hydrogen) atoms. The van der Waals surface area contributed by atoms with Crippen molar-refractivity contribution < 1.29 is 4.74 Å². The van der Waals surface area contributed by atoms with E-state index in [0.29, 0.717) is 0 Å². The fraction of sp³-hybridized carbons (Fsp3) is 0.750. The first kappa shape index (κ1) is 13.2. The number of nitrogens with zero attached hydrogens (tertiary/aromatic N) is 2. The molecule has 2 unspecified atom stereocenters. The van der Waals surface area contributed by atoms with Gasteiger partial charge in [0.15, 0.2) is 0 Å². The molecule has 0 amide bonds. The lowest BCUT2D eigenvalue weighted by Crippen LogP contribution is -2.34. The molecule has 0 aliphatic rings. The van der Waals surface area contributed by atoms with Crippen molar-refractivity contribution in [2.45, 2.75) is 38.8 Å². The zero-order chi connectivity index (χ0) is 12.0. The van der Waals surface area contributed by atoms with E-state index in [-0.39, 0.29) is 12.1 Å². The Balaban J connectivity index is 2.82. The van der Waals surface area contributed by atoms with Crippen LogP contribution in [0.2, 0.25) is 0 Å². The molecule has 0 spiro atoms. The highest BCUT2D eigenvalue weighted by Gasteiger charge is 2.23. The first-order valence-corrected chi connectivity index (χ1v) is 5.98. The minimum absolute atomic E-state index is 0.196. The molecule has 1 N–H and O–H groups in total. The smallest absolute Gasteiger partial charge is 0.0778 e. The van der Waals surface area contributed by atoms with E-state index in [9.17, 15) is 0 Å². The molecule has 1 rings (SSSR count). The molecule has 0 fully saturated rings. The van der Waals surface area contributed by atoms with Crippen LogP contribution in [0.1, 0.15) is 38.4 Å². The summed E-state index contributed by atoms with van der Waals surface area (Å²) in [5.41, 5.74) is 1.18. The summed E-state index contributed by atoms with van der Waals surface area (Å²) in [5.74, 6) is 0. The van der Waals surface area contributed by atoms with E-state index in [1.165, 1.54) is 5.69 Å². The van der Waals surface area contributed by atoms with Crippen LogP contribution in [0.4, 0.5) is 0 Å². The summed E-state index contributed by atoms with van der Waals surface area (Å²) in [6.07, 6.45) is 4.14. The number of nitrogens with one attached hydrogen (secondary N) is 1. The van der Waals surface area contributed by atoms with Crippen molar-refractivity contribution in [3.63, 3.8) is 0 Å². The van der Waals surface area contributed by atoms with E-state index in [2.05, 4.69) is 30.3 Å². The molecular formula is C12H23N3O. The molecule has 1 heterocycles. The third-order valence-electron chi connectivity index (χ3n) is 2.87. The van der Waals surface area contributed by atoms with Gasteiger partial charge >= 0.3 is 0 Å². The Kier molecular flexibility index (Phi) is 5.49. The normalized spacial score (nSPS) is 15.0. The van der Waals surface area contributed by atoms with E-state index in [1.54, 1.807) is 7.11 Å². The fourth-order valence-corrected chi connectivity index (χ4v) is 1.95. The van der Waals surface area contributed by atoms with Crippen LogP contribution in [0.15, 0.2) is 12.3 Å². The average Bonchev–Trinajstić information content (AvgIpc) is 2.71. The summed E-state index contributed by atoms with van der Waals surface area (Å²) in [5, 5.41) is 7.75. The summed E-state index contributed by atoms with van der Waals surface area (Å²) in [6.45, 7) is 5.31. The van der Waals surface area contributed by atoms with Crippen LogP contribution in [0, 0.1) is 0 Å². The van der Waals surface area contributed by atoms with Crippen molar-refractivity contribution in [2.75, 3.05) is 13.7 Å². The highest BCUT2D eigenvalue weighted by molar-refractivity contribution is 5.08. The summed E-state index contributed by atoms with van der Waals surface area (Å²) in [4.78, 5) is 0. The van der Waals surface area contributed by atoms with Crippen molar-refractivity contribution in [3.05, 3.63) is 18.0 Å². The van der Waals surface area contributed by atoms with Gasteiger partial charge in [-0.1, -0.05) is 13.8 Å². The zero-order valence-electron chi connectivity index (χ0n) is 10.7. The Morgan fingerprint density at radius 1 is 1.50 bits per heavy atom. The van der Waals surface area contributed by atoms with Gasteiger partial charge in [-0.05, 0) is 25.5 Å². The van der Waals surface area contributed by atoms with Crippen LogP contribution in [-0.4, -0.2) is 29.5 Å². The van der Waals surface area contributed by atoms with E-state index in [1.807, 2.05) is 17.9 Å². The molecule has 1 aromatic heterocycles. The molecule has 4 heteroatoms. The van der Waals surface area contributed by atoms with Crippen LogP contribution in [0.5, 0.6) is 0 Å². The number of ether oxygens (including phenoxy) is 1. The van der Waals surface area contributed by atoms with Gasteiger partial charge in [-0.15, -0.1) is 0 Å². The molecule has 0 aliphatic heterocycles. The lowest BCUT2D eigenvalue weighted by atomic mass is 10.0. The highest BCUT2D eigenvalue weighted by atomic mass is 16.5. The fourth-order valence-electron chi connectivity index (χ4n) is 1.95. The number of hydrogen-bond acceptors (Lipinski definition) is 3. The minimum Gasteiger partial charge on any atom is -0.379 e. The Morgan fingerprint density at radius 3 is 2.69 bits per heavy atom. The van der Waals surface area contributed by atoms with Gasteiger partial charge in [-0.3, -0.25) is 4.68 Å². The maximum absolute atomic E-state index is 5.53. The van der Waals surface area contributed by atoms with E-state index in [4.69, 9.17) is 4.74 Å². The van der Waals surface area contributed by atoms with Crippen LogP contribution in [0.3, 0.4) is 0 Å². The Morgan fingerprint density at radius 2 is 2.25 bits per heavy atom. The summed E-state index contributed by atoms with van der Waals surface area (Å²) < 4.78 is 7.45. The Hall–Kier alpha value is -0.870. The predicted octanol–water partition coefficient (Wildman–Crippen LogP) is 1.89. The minimum atomic E-state index is 0.196. The number of methoxy groups -OCH3 is 1. The lowest BCUT2D eigenvalue weighted by molar-refractivity contribution is 0.0625. The second-order valence-corrected chi connectivity index (χ2v) is 3.99. The molecule has 92 valence electrons. The maximum atomic E-state index is 5.53. The largest absolute Gasteiger partial charge is 0.379 e. The van der Waals surface area contributed by atoms with Crippen molar-refractivity contribution in [1.29, 1.82) is 0 Å². The molecule has 0 saturated heterocycles. The monoisotopic (exact) mass is 225 g/mol. The summed E-state index contributed by atoms with van der Waals surface area (Å²) in [7, 11) is 3.74. The molecular weight excluding hydrogens is 202 g/mol. The number of rotatable bonds is 7. The lowest BCUT2D eigenvalue weighted by Gasteiger charge is -2.26. The van der Waals surface area contributed by atoms with E-state index < -0.39 is 0 Å². The van der Waals surface area contributed by atoms with Gasteiger partial charge in [0.2, 0.25) is 0 Å². The first-order chi connectivity index (χ1) is 7.74. The maximum Gasteiger partial charge on any atom is 0.0778 e. The van der Waals surface area contributed by atoms with Gasteiger partial charge in [-0.25, -0.2) is 0 Å². The first-order valence-electron chi connectivity index (χ1n) is 5.98. The van der Waals surface area contributed by atoms with Crippen molar-refractivity contribution in [2.24, 2.45) is 7.05 Å². The topological polar surface area (TPSA) is 39.1 Å². The van der Waals surface area contributed by atoms with E-state index in [0.717, 1.165) is 19.4 Å². The molecule has 0 bridgehead atoms. The molecule has 2 atom stereocenters. The third kappa shape index (κ3) is 3.06. The van der Waals surface area contributed by atoms with Crippen molar-refractivity contribution in [3.8, 4) is 0 Å². The van der Waals surface area contributed by atoms with Crippen LogP contribution >= 0.6 is 0 Å². The van der Waals surface area contributed by atoms with Gasteiger partial charge in [-0.2, -0.15) is 5.10 Å². The predicted molar refractivity (Wildman–Crippen MR) is 65.3 cm³/mol. The molecule has 0 aliphatic carbocycles. The number of aromatic nitrogens is 2. The van der Waals surface area contributed by atoms with E-state index >= 15 is 0 Å². The van der Waals surface area contributed by atoms with Crippen molar-refractivity contribution in [1.82, 2.24) is 15.1 Å². The van der Waals surface area contributed by atoms with Crippen LogP contribution in [0.25, 0.3) is 0 Å². The van der Waals surface area contributed by atoms with Crippen LogP contribution < -0.4 is 5.32 Å². The molecule has 4 nitrogen and oxygen atoms in total. The summed E-state index contributed by atoms with van der Waals surface area (Å²) >= 11 is 0. The average molecular weight is 225 g/mol. The standard InChI is InChI=1S/C12H23N3O/c1-5-8-13-12(11(6-2)16-4)10-7-9-14-15(10)3/h7,9,11-13H,5-6,8H2,1-4H3. The highest BCUT2D eigenvalue weighted by Crippen LogP contribution is 2.20. The van der Waals surface area contributed by atoms with Gasteiger partial charge in [0.05, 0.1) is 17.8 Å². The second kappa shape index (κ2) is 6.66. The molecule has 0 aromatic carbocycles. The Labute approximate surface area is 98.0 Å². The number of aryl methyl sites for hydroxylation is 1. The van der Waals surface area contributed by atoms with Gasteiger partial charge in [0, 0.05) is 20.4 Å². The van der Waals surface area contributed by atoms with Crippen molar-refractivity contribution >= 4 is 0 Å². The quantitative estimate of drug-likeness (QED) is 0.770. The summed E-state index contributed by atoms with van der Waals surface area (Å²) in [6, 6.07) is 2.28. The molecule has 0 radical (unpaired) electrons.